The van der Waals surface area contributed by atoms with E-state index in [1.165, 1.54) is 5.56 Å². The van der Waals surface area contributed by atoms with E-state index >= 15 is 0 Å². The lowest BCUT2D eigenvalue weighted by atomic mass is 10.0. The largest absolute Gasteiger partial charge is 0.486 e. The van der Waals surface area contributed by atoms with Gasteiger partial charge in [0.05, 0.1) is 19.3 Å². The molecule has 3 nitrogen and oxygen atoms in total. The summed E-state index contributed by atoms with van der Waals surface area (Å²) in [6, 6.07) is 4.34. The summed E-state index contributed by atoms with van der Waals surface area (Å²) in [5, 5.41) is 0. The average molecular weight is 420 g/mol. The van der Waals surface area contributed by atoms with Crippen molar-refractivity contribution in [3.8, 4) is 5.75 Å². The van der Waals surface area contributed by atoms with Crippen molar-refractivity contribution >= 4 is 43.2 Å². The second-order valence-electron chi connectivity index (χ2n) is 4.52. The van der Waals surface area contributed by atoms with E-state index < -0.39 is 0 Å². The molecular formula is C14H16Br2N2OS. The molecule has 0 saturated carbocycles. The number of nitrogens with two attached hydrogens (primary N) is 1. The van der Waals surface area contributed by atoms with Gasteiger partial charge in [-0.2, -0.15) is 0 Å². The number of hydrogen-bond acceptors (Lipinski definition) is 4. The second kappa shape index (κ2) is 7.54. The van der Waals surface area contributed by atoms with Crippen LogP contribution in [0, 0.1) is 0 Å². The van der Waals surface area contributed by atoms with Crippen LogP contribution in [-0.4, -0.2) is 11.0 Å². The predicted molar refractivity (Wildman–Crippen MR) is 90.3 cm³/mol. The molecule has 0 spiro atoms. The highest BCUT2D eigenvalue weighted by atomic mass is 79.9. The van der Waals surface area contributed by atoms with E-state index in [2.05, 4.69) is 55.9 Å². The fourth-order valence-corrected chi connectivity index (χ4v) is 3.79. The Balaban J connectivity index is 2.10. The summed E-state index contributed by atoms with van der Waals surface area (Å²) in [7, 11) is 0. The van der Waals surface area contributed by atoms with E-state index in [1.807, 2.05) is 6.20 Å². The molecule has 2 N–H and O–H groups in total. The first kappa shape index (κ1) is 15.9. The summed E-state index contributed by atoms with van der Waals surface area (Å²) in [5.74, 6) is 0.812. The highest BCUT2D eigenvalue weighted by Gasteiger charge is 2.11. The lowest BCUT2D eigenvalue weighted by Crippen LogP contribution is -2.21. The van der Waals surface area contributed by atoms with Crippen molar-refractivity contribution in [2.45, 2.75) is 32.4 Å². The van der Waals surface area contributed by atoms with Gasteiger partial charge in [0.1, 0.15) is 12.4 Å². The molecule has 0 saturated heterocycles. The third-order valence-electron chi connectivity index (χ3n) is 2.92. The Labute approximate surface area is 139 Å². The average Bonchev–Trinajstić information content (AvgIpc) is 2.90. The van der Waals surface area contributed by atoms with Gasteiger partial charge in [0.15, 0.2) is 0 Å². The Kier molecular flexibility index (Phi) is 6.01. The minimum atomic E-state index is 0.192. The van der Waals surface area contributed by atoms with Crippen molar-refractivity contribution in [2.75, 3.05) is 0 Å². The minimum Gasteiger partial charge on any atom is -0.486 e. The van der Waals surface area contributed by atoms with E-state index in [-0.39, 0.29) is 6.04 Å². The summed E-state index contributed by atoms with van der Waals surface area (Å²) >= 11 is 8.72. The van der Waals surface area contributed by atoms with Crippen LogP contribution in [0.2, 0.25) is 0 Å². The lowest BCUT2D eigenvalue weighted by molar-refractivity contribution is 0.305. The third kappa shape index (κ3) is 4.28. The molecule has 1 unspecified atom stereocenters. The third-order valence-corrected chi connectivity index (χ3v) is 4.85. The van der Waals surface area contributed by atoms with Crippen molar-refractivity contribution < 1.29 is 4.74 Å². The van der Waals surface area contributed by atoms with Crippen LogP contribution in [0.15, 0.2) is 32.8 Å². The summed E-state index contributed by atoms with van der Waals surface area (Å²) in [4.78, 5) is 5.13. The Hall–Kier alpha value is -0.430. The smallest absolute Gasteiger partial charge is 0.148 e. The zero-order valence-corrected chi connectivity index (χ0v) is 15.1. The van der Waals surface area contributed by atoms with Gasteiger partial charge in [-0.1, -0.05) is 6.92 Å². The number of hydrogen-bond donors (Lipinski definition) is 1. The van der Waals surface area contributed by atoms with Crippen molar-refractivity contribution in [1.82, 2.24) is 4.98 Å². The quantitative estimate of drug-likeness (QED) is 0.748. The molecule has 1 aromatic carbocycles. The Bertz CT molecular complexity index is 537. The lowest BCUT2D eigenvalue weighted by Gasteiger charge is -2.13. The molecule has 0 amide bonds. The molecule has 1 heterocycles. The minimum absolute atomic E-state index is 0.192. The van der Waals surface area contributed by atoms with Crippen LogP contribution in [-0.2, 0) is 13.0 Å². The molecule has 0 bridgehead atoms. The molecule has 6 heteroatoms. The van der Waals surface area contributed by atoms with Gasteiger partial charge in [0.2, 0.25) is 0 Å². The maximum atomic E-state index is 6.00. The molecule has 0 aliphatic carbocycles. The predicted octanol–water partition coefficient (Wildman–Crippen LogP) is 4.53. The second-order valence-corrected chi connectivity index (χ2v) is 7.20. The fraction of sp³-hybridized carbons (Fsp3) is 0.357. The molecular weight excluding hydrogens is 404 g/mol. The van der Waals surface area contributed by atoms with Crippen molar-refractivity contribution in [3.05, 3.63) is 43.2 Å². The van der Waals surface area contributed by atoms with E-state index in [4.69, 9.17) is 10.5 Å². The van der Waals surface area contributed by atoms with Crippen molar-refractivity contribution in [1.29, 1.82) is 0 Å². The van der Waals surface area contributed by atoms with Crippen LogP contribution in [0.3, 0.4) is 0 Å². The number of benzene rings is 1. The number of rotatable bonds is 6. The van der Waals surface area contributed by atoms with E-state index in [1.54, 1.807) is 16.8 Å². The number of aromatic nitrogens is 1. The molecule has 0 aliphatic rings. The monoisotopic (exact) mass is 418 g/mol. The first-order chi connectivity index (χ1) is 9.60. The maximum Gasteiger partial charge on any atom is 0.148 e. The van der Waals surface area contributed by atoms with Crippen molar-refractivity contribution in [2.24, 2.45) is 5.73 Å². The topological polar surface area (TPSA) is 48.1 Å². The van der Waals surface area contributed by atoms with Crippen LogP contribution in [0.5, 0.6) is 5.75 Å². The van der Waals surface area contributed by atoms with Crippen LogP contribution in [0.25, 0.3) is 0 Å². The van der Waals surface area contributed by atoms with Gasteiger partial charge in [-0.3, -0.25) is 4.98 Å². The standard InChI is InChI=1S/C14H16Br2N2OS/c1-2-10(17)3-9-4-12(15)14(13(16)5-9)19-7-11-6-18-8-20-11/h4-6,8,10H,2-3,7,17H2,1H3. The van der Waals surface area contributed by atoms with Crippen LogP contribution < -0.4 is 10.5 Å². The number of thiazole rings is 1. The molecule has 20 heavy (non-hydrogen) atoms. The molecule has 108 valence electrons. The first-order valence-electron chi connectivity index (χ1n) is 6.33. The number of nitrogens with zero attached hydrogens (tertiary/aromatic N) is 1. The van der Waals surface area contributed by atoms with E-state index in [0.29, 0.717) is 6.61 Å². The van der Waals surface area contributed by atoms with E-state index in [0.717, 1.165) is 32.4 Å². The molecule has 0 radical (unpaired) electrons. The fourth-order valence-electron chi connectivity index (χ4n) is 1.77. The highest BCUT2D eigenvalue weighted by Crippen LogP contribution is 2.35. The Morgan fingerprint density at radius 3 is 2.60 bits per heavy atom. The Morgan fingerprint density at radius 1 is 1.35 bits per heavy atom. The molecule has 2 aromatic rings. The van der Waals surface area contributed by atoms with Gasteiger partial charge < -0.3 is 10.5 Å². The molecule has 0 aliphatic heterocycles. The van der Waals surface area contributed by atoms with Crippen LogP contribution in [0.1, 0.15) is 23.8 Å². The van der Waals surface area contributed by atoms with Crippen LogP contribution in [0.4, 0.5) is 0 Å². The van der Waals surface area contributed by atoms with Gasteiger partial charge >= 0.3 is 0 Å². The molecule has 1 atom stereocenters. The summed E-state index contributed by atoms with van der Waals surface area (Å²) in [6.45, 7) is 2.62. The Morgan fingerprint density at radius 2 is 2.05 bits per heavy atom. The maximum absolute atomic E-state index is 6.00. The van der Waals surface area contributed by atoms with E-state index in [9.17, 15) is 0 Å². The van der Waals surface area contributed by atoms with Gasteiger partial charge in [-0.15, -0.1) is 11.3 Å². The molecule has 1 aromatic heterocycles. The van der Waals surface area contributed by atoms with Crippen molar-refractivity contribution in [3.63, 3.8) is 0 Å². The molecule has 2 rings (SSSR count). The summed E-state index contributed by atoms with van der Waals surface area (Å²) < 4.78 is 7.72. The highest BCUT2D eigenvalue weighted by molar-refractivity contribution is 9.11. The zero-order chi connectivity index (χ0) is 14.5. The number of ether oxygens (including phenoxy) is 1. The van der Waals surface area contributed by atoms with Gasteiger partial charge in [0.25, 0.3) is 0 Å². The van der Waals surface area contributed by atoms with Crippen LogP contribution >= 0.6 is 43.2 Å². The SMILES string of the molecule is CCC(N)Cc1cc(Br)c(OCc2cncs2)c(Br)c1. The molecule has 0 fully saturated rings. The van der Waals surface area contributed by atoms with Gasteiger partial charge in [-0.05, 0) is 62.4 Å². The summed E-state index contributed by atoms with van der Waals surface area (Å²) in [5.41, 5.74) is 9.00. The normalized spacial score (nSPS) is 12.4. The van der Waals surface area contributed by atoms with Gasteiger partial charge in [-0.25, -0.2) is 0 Å². The zero-order valence-electron chi connectivity index (χ0n) is 11.1. The summed E-state index contributed by atoms with van der Waals surface area (Å²) in [6.07, 6.45) is 3.66. The van der Waals surface area contributed by atoms with Gasteiger partial charge in [0, 0.05) is 12.2 Å². The first-order valence-corrected chi connectivity index (χ1v) is 8.80. The number of halogens is 2.